The fourth-order valence-corrected chi connectivity index (χ4v) is 5.57. The van der Waals surface area contributed by atoms with E-state index in [0.29, 0.717) is 4.90 Å². The van der Waals surface area contributed by atoms with E-state index in [-0.39, 0.29) is 37.7 Å². The van der Waals surface area contributed by atoms with E-state index in [9.17, 15) is 18.0 Å². The molecule has 0 aliphatic carbocycles. The van der Waals surface area contributed by atoms with E-state index < -0.39 is 10.0 Å². The summed E-state index contributed by atoms with van der Waals surface area (Å²) in [5.41, 5.74) is 4.51. The lowest BCUT2D eigenvalue weighted by Crippen LogP contribution is -2.38. The minimum absolute atomic E-state index is 0.0130. The van der Waals surface area contributed by atoms with Crippen molar-refractivity contribution >= 4 is 21.8 Å². The first-order valence-electron chi connectivity index (χ1n) is 10.7. The van der Waals surface area contributed by atoms with Gasteiger partial charge in [-0.05, 0) is 81.7 Å². The topological polar surface area (TPSA) is 95.6 Å². The van der Waals surface area contributed by atoms with Crippen LogP contribution < -0.4 is 10.0 Å². The molecule has 0 radical (unpaired) electrons. The van der Waals surface area contributed by atoms with Gasteiger partial charge < -0.3 is 10.2 Å². The molecule has 1 saturated heterocycles. The van der Waals surface area contributed by atoms with Gasteiger partial charge in [0.2, 0.25) is 21.8 Å². The number of rotatable bonds is 8. The van der Waals surface area contributed by atoms with Gasteiger partial charge in [0.15, 0.2) is 0 Å². The Bertz CT molecular complexity index is 874. The van der Waals surface area contributed by atoms with Crippen molar-refractivity contribution in [1.82, 2.24) is 14.9 Å². The molecule has 30 heavy (non-hydrogen) atoms. The normalized spacial score (nSPS) is 14.6. The smallest absolute Gasteiger partial charge is 0.241 e. The van der Waals surface area contributed by atoms with Crippen molar-refractivity contribution in [1.29, 1.82) is 0 Å². The molecule has 7 nitrogen and oxygen atoms in total. The molecule has 8 heteroatoms. The summed E-state index contributed by atoms with van der Waals surface area (Å²) in [7, 11) is -3.72. The van der Waals surface area contributed by atoms with Crippen LogP contribution >= 0.6 is 0 Å². The zero-order chi connectivity index (χ0) is 22.5. The lowest BCUT2D eigenvalue weighted by Gasteiger charge is -2.26. The van der Waals surface area contributed by atoms with Crippen LogP contribution in [0.2, 0.25) is 0 Å². The third-order valence-corrected chi connectivity index (χ3v) is 7.95. The molecule has 1 aromatic carbocycles. The van der Waals surface area contributed by atoms with Gasteiger partial charge in [-0.1, -0.05) is 0 Å². The summed E-state index contributed by atoms with van der Waals surface area (Å²) in [5, 5.41) is 2.71. The fraction of sp³-hybridized carbons (Fsp3) is 0.636. The van der Waals surface area contributed by atoms with Crippen molar-refractivity contribution in [3.05, 3.63) is 27.8 Å². The van der Waals surface area contributed by atoms with E-state index in [0.717, 1.165) is 60.2 Å². The second kappa shape index (κ2) is 10.4. The number of nitrogens with one attached hydrogen (secondary N) is 2. The zero-order valence-corrected chi connectivity index (χ0v) is 19.7. The second-order valence-electron chi connectivity index (χ2n) is 8.14. The molecular formula is C22H35N3O4S. The van der Waals surface area contributed by atoms with Gasteiger partial charge in [-0.2, -0.15) is 0 Å². The van der Waals surface area contributed by atoms with Gasteiger partial charge in [-0.25, -0.2) is 13.1 Å². The number of carbonyl (C=O) groups is 2. The van der Waals surface area contributed by atoms with Crippen LogP contribution in [0.5, 0.6) is 0 Å². The van der Waals surface area contributed by atoms with Gasteiger partial charge in [0, 0.05) is 39.0 Å². The Morgan fingerprint density at radius 3 is 1.90 bits per heavy atom. The molecule has 2 amide bonds. The van der Waals surface area contributed by atoms with Gasteiger partial charge in [0.25, 0.3) is 0 Å². The lowest BCUT2D eigenvalue weighted by atomic mass is 9.95. The van der Waals surface area contributed by atoms with E-state index in [1.165, 1.54) is 0 Å². The van der Waals surface area contributed by atoms with Crippen molar-refractivity contribution in [2.24, 2.45) is 0 Å². The van der Waals surface area contributed by atoms with Gasteiger partial charge in [-0.15, -0.1) is 0 Å². The van der Waals surface area contributed by atoms with Crippen LogP contribution in [-0.2, 0) is 19.6 Å². The highest BCUT2D eigenvalue weighted by molar-refractivity contribution is 7.89. The quantitative estimate of drug-likeness (QED) is 0.653. The van der Waals surface area contributed by atoms with E-state index in [1.807, 2.05) is 39.5 Å². The maximum atomic E-state index is 12.9. The summed E-state index contributed by atoms with van der Waals surface area (Å²) in [6, 6.07) is 0. The molecule has 1 fully saturated rings. The summed E-state index contributed by atoms with van der Waals surface area (Å²) < 4.78 is 28.3. The Morgan fingerprint density at radius 1 is 0.800 bits per heavy atom. The highest BCUT2D eigenvalue weighted by Crippen LogP contribution is 2.29. The molecular weight excluding hydrogens is 402 g/mol. The van der Waals surface area contributed by atoms with E-state index in [4.69, 9.17) is 0 Å². The highest BCUT2D eigenvalue weighted by atomic mass is 32.2. The third-order valence-electron chi connectivity index (χ3n) is 6.21. The average molecular weight is 438 g/mol. The molecule has 1 aromatic rings. The standard InChI is InChI=1S/C22H35N3O4S/c1-15-16(2)18(4)22(19(5)17(15)3)30(28,29)24-12-9-20(26)23-11-10-21(27)25-13-7-6-8-14-25/h24H,6-14H2,1-5H3,(H,23,26). The van der Waals surface area contributed by atoms with Crippen LogP contribution in [0, 0.1) is 34.6 Å². The summed E-state index contributed by atoms with van der Waals surface area (Å²) in [5.74, 6) is -0.208. The second-order valence-corrected chi connectivity index (χ2v) is 9.85. The molecule has 168 valence electrons. The van der Waals surface area contributed by atoms with Crippen molar-refractivity contribution in [2.75, 3.05) is 26.2 Å². The Hall–Kier alpha value is -1.93. The van der Waals surface area contributed by atoms with E-state index >= 15 is 0 Å². The van der Waals surface area contributed by atoms with Crippen molar-refractivity contribution < 1.29 is 18.0 Å². The Morgan fingerprint density at radius 2 is 1.33 bits per heavy atom. The molecule has 2 rings (SSSR count). The number of carbonyl (C=O) groups excluding carboxylic acids is 2. The Kier molecular flexibility index (Phi) is 8.43. The number of sulfonamides is 1. The number of benzene rings is 1. The predicted molar refractivity (Wildman–Crippen MR) is 118 cm³/mol. The van der Waals surface area contributed by atoms with Crippen LogP contribution in [-0.4, -0.2) is 51.3 Å². The highest BCUT2D eigenvalue weighted by Gasteiger charge is 2.23. The molecule has 0 aromatic heterocycles. The first kappa shape index (κ1) is 24.3. The third kappa shape index (κ3) is 5.82. The molecule has 1 heterocycles. The molecule has 1 aliphatic heterocycles. The van der Waals surface area contributed by atoms with E-state index in [2.05, 4.69) is 10.0 Å². The minimum atomic E-state index is -3.72. The molecule has 0 atom stereocenters. The largest absolute Gasteiger partial charge is 0.356 e. The summed E-state index contributed by atoms with van der Waals surface area (Å²) in [6.07, 6.45) is 3.54. The summed E-state index contributed by atoms with van der Waals surface area (Å²) in [6.45, 7) is 11.4. The monoisotopic (exact) mass is 437 g/mol. The van der Waals surface area contributed by atoms with Crippen LogP contribution in [0.25, 0.3) is 0 Å². The fourth-order valence-electron chi connectivity index (χ4n) is 3.94. The van der Waals surface area contributed by atoms with Gasteiger partial charge >= 0.3 is 0 Å². The number of hydrogen-bond donors (Lipinski definition) is 2. The summed E-state index contributed by atoms with van der Waals surface area (Å²) >= 11 is 0. The van der Waals surface area contributed by atoms with Crippen LogP contribution in [0.1, 0.15) is 59.9 Å². The first-order valence-corrected chi connectivity index (χ1v) is 12.2. The first-order chi connectivity index (χ1) is 14.1. The van der Waals surface area contributed by atoms with Crippen molar-refractivity contribution in [3.8, 4) is 0 Å². The zero-order valence-electron chi connectivity index (χ0n) is 18.9. The van der Waals surface area contributed by atoms with Crippen LogP contribution in [0.15, 0.2) is 4.90 Å². The molecule has 1 aliphatic rings. The van der Waals surface area contributed by atoms with Gasteiger partial charge in [0.05, 0.1) is 4.90 Å². The van der Waals surface area contributed by atoms with Crippen molar-refractivity contribution in [2.45, 2.75) is 71.6 Å². The van der Waals surface area contributed by atoms with Crippen LogP contribution in [0.3, 0.4) is 0 Å². The van der Waals surface area contributed by atoms with Gasteiger partial charge in [0.1, 0.15) is 0 Å². The number of piperidine rings is 1. The van der Waals surface area contributed by atoms with Crippen molar-refractivity contribution in [3.63, 3.8) is 0 Å². The SMILES string of the molecule is Cc1c(C)c(C)c(S(=O)(=O)NCCC(=O)NCCC(=O)N2CCCCC2)c(C)c1C. The predicted octanol–water partition coefficient (Wildman–Crippen LogP) is 2.42. The number of nitrogens with zero attached hydrogens (tertiary/aromatic N) is 1. The lowest BCUT2D eigenvalue weighted by molar-refractivity contribution is -0.132. The molecule has 0 saturated carbocycles. The van der Waals surface area contributed by atoms with E-state index in [1.54, 1.807) is 0 Å². The molecule has 2 N–H and O–H groups in total. The Balaban J connectivity index is 1.84. The number of hydrogen-bond acceptors (Lipinski definition) is 4. The van der Waals surface area contributed by atoms with Crippen LogP contribution in [0.4, 0.5) is 0 Å². The van der Waals surface area contributed by atoms with Gasteiger partial charge in [-0.3, -0.25) is 9.59 Å². The Labute approximate surface area is 180 Å². The minimum Gasteiger partial charge on any atom is -0.356 e. The molecule has 0 spiro atoms. The molecule has 0 unspecified atom stereocenters. The molecule has 0 bridgehead atoms. The number of amides is 2. The average Bonchev–Trinajstić information content (AvgIpc) is 2.71. The maximum absolute atomic E-state index is 12.9. The number of likely N-dealkylation sites (tertiary alicyclic amines) is 1. The summed E-state index contributed by atoms with van der Waals surface area (Å²) in [4.78, 5) is 26.3. The maximum Gasteiger partial charge on any atom is 0.241 e.